The second kappa shape index (κ2) is 8.55. The third-order valence-electron chi connectivity index (χ3n) is 3.61. The second-order valence-electron chi connectivity index (χ2n) is 5.84. The Morgan fingerprint density at radius 3 is 2.46 bits per heavy atom. The molecule has 0 unspecified atom stereocenters. The van der Waals surface area contributed by atoms with Gasteiger partial charge in [-0.25, -0.2) is 0 Å². The van der Waals surface area contributed by atoms with Crippen LogP contribution in [0.15, 0.2) is 47.1 Å². The van der Waals surface area contributed by atoms with Crippen LogP contribution in [0.25, 0.3) is 0 Å². The summed E-state index contributed by atoms with van der Waals surface area (Å²) in [6.07, 6.45) is 2.12. The van der Waals surface area contributed by atoms with E-state index in [9.17, 15) is 9.59 Å². The van der Waals surface area contributed by atoms with Crippen LogP contribution in [0.3, 0.4) is 0 Å². The van der Waals surface area contributed by atoms with Gasteiger partial charge in [-0.1, -0.05) is 37.6 Å². The van der Waals surface area contributed by atoms with Gasteiger partial charge in [0.1, 0.15) is 6.04 Å². The van der Waals surface area contributed by atoms with E-state index in [1.807, 2.05) is 38.1 Å². The molecule has 2 amide bonds. The highest BCUT2D eigenvalue weighted by atomic mass is 35.5. The average Bonchev–Trinajstić information content (AvgIpc) is 3.08. The zero-order valence-electron chi connectivity index (χ0n) is 13.7. The normalized spacial score (nSPS) is 12.0. The van der Waals surface area contributed by atoms with Gasteiger partial charge in [-0.05, 0) is 42.2 Å². The Balaban J connectivity index is 1.87. The summed E-state index contributed by atoms with van der Waals surface area (Å²) >= 11 is 5.85. The average molecular weight is 349 g/mol. The van der Waals surface area contributed by atoms with Crippen LogP contribution in [-0.4, -0.2) is 24.4 Å². The number of nitrogens with one attached hydrogen (secondary N) is 2. The molecule has 128 valence electrons. The molecule has 2 aromatic rings. The number of rotatable bonds is 7. The summed E-state index contributed by atoms with van der Waals surface area (Å²) < 4.78 is 5.05. The minimum atomic E-state index is -0.618. The highest BCUT2D eigenvalue weighted by molar-refractivity contribution is 6.30. The third kappa shape index (κ3) is 5.13. The van der Waals surface area contributed by atoms with E-state index < -0.39 is 11.9 Å². The number of halogens is 1. The van der Waals surface area contributed by atoms with Gasteiger partial charge in [0.25, 0.3) is 5.91 Å². The SMILES string of the molecule is CC(C)[C@@H](NC(=O)c1ccco1)C(=O)NCCc1ccc(Cl)cc1. The van der Waals surface area contributed by atoms with E-state index in [-0.39, 0.29) is 17.6 Å². The first-order valence-electron chi connectivity index (χ1n) is 7.84. The van der Waals surface area contributed by atoms with Crippen molar-refractivity contribution >= 4 is 23.4 Å². The van der Waals surface area contributed by atoms with E-state index in [2.05, 4.69) is 10.6 Å². The lowest BCUT2D eigenvalue weighted by Crippen LogP contribution is -2.50. The quantitative estimate of drug-likeness (QED) is 0.807. The topological polar surface area (TPSA) is 71.3 Å². The molecule has 24 heavy (non-hydrogen) atoms. The van der Waals surface area contributed by atoms with Crippen LogP contribution in [0.1, 0.15) is 30.0 Å². The molecule has 1 heterocycles. The van der Waals surface area contributed by atoms with E-state index in [0.29, 0.717) is 18.0 Å². The van der Waals surface area contributed by atoms with E-state index in [0.717, 1.165) is 5.56 Å². The molecule has 2 N–H and O–H groups in total. The third-order valence-corrected chi connectivity index (χ3v) is 3.86. The molecular weight excluding hydrogens is 328 g/mol. The molecule has 5 nitrogen and oxygen atoms in total. The fourth-order valence-electron chi connectivity index (χ4n) is 2.25. The number of benzene rings is 1. The lowest BCUT2D eigenvalue weighted by molar-refractivity contribution is -0.123. The first-order valence-corrected chi connectivity index (χ1v) is 8.21. The number of hydrogen-bond acceptors (Lipinski definition) is 3. The smallest absolute Gasteiger partial charge is 0.287 e. The molecule has 0 aliphatic carbocycles. The van der Waals surface area contributed by atoms with Crippen LogP contribution in [0.2, 0.25) is 5.02 Å². The number of carbonyl (C=O) groups excluding carboxylic acids is 2. The largest absolute Gasteiger partial charge is 0.459 e. The van der Waals surface area contributed by atoms with Gasteiger partial charge >= 0.3 is 0 Å². The minimum absolute atomic E-state index is 0.0422. The van der Waals surface area contributed by atoms with Gasteiger partial charge in [-0.3, -0.25) is 9.59 Å². The summed E-state index contributed by atoms with van der Waals surface area (Å²) in [5, 5.41) is 6.26. The molecule has 0 radical (unpaired) electrons. The van der Waals surface area contributed by atoms with Crippen LogP contribution in [-0.2, 0) is 11.2 Å². The molecule has 0 aliphatic heterocycles. The Morgan fingerprint density at radius 2 is 1.88 bits per heavy atom. The van der Waals surface area contributed by atoms with Crippen LogP contribution < -0.4 is 10.6 Å². The van der Waals surface area contributed by atoms with Crippen molar-refractivity contribution in [3.63, 3.8) is 0 Å². The van der Waals surface area contributed by atoms with Crippen molar-refractivity contribution in [3.8, 4) is 0 Å². The number of furan rings is 1. The zero-order valence-corrected chi connectivity index (χ0v) is 14.5. The minimum Gasteiger partial charge on any atom is -0.459 e. The molecule has 1 aromatic heterocycles. The highest BCUT2D eigenvalue weighted by Crippen LogP contribution is 2.10. The van der Waals surface area contributed by atoms with Crippen LogP contribution in [0.4, 0.5) is 0 Å². The lowest BCUT2D eigenvalue weighted by Gasteiger charge is -2.21. The van der Waals surface area contributed by atoms with Crippen molar-refractivity contribution in [1.82, 2.24) is 10.6 Å². The molecule has 1 aromatic carbocycles. The molecule has 1 atom stereocenters. The Hall–Kier alpha value is -2.27. The Morgan fingerprint density at radius 1 is 1.17 bits per heavy atom. The van der Waals surface area contributed by atoms with Crippen molar-refractivity contribution in [2.75, 3.05) is 6.54 Å². The maximum absolute atomic E-state index is 12.4. The molecule has 0 saturated heterocycles. The lowest BCUT2D eigenvalue weighted by atomic mass is 10.0. The molecule has 2 rings (SSSR count). The van der Waals surface area contributed by atoms with Gasteiger partial charge in [-0.15, -0.1) is 0 Å². The van der Waals surface area contributed by atoms with Crippen LogP contribution >= 0.6 is 11.6 Å². The van der Waals surface area contributed by atoms with Gasteiger partial charge in [0.05, 0.1) is 6.26 Å². The fourth-order valence-corrected chi connectivity index (χ4v) is 2.37. The molecule has 0 bridgehead atoms. The van der Waals surface area contributed by atoms with Crippen molar-refractivity contribution < 1.29 is 14.0 Å². The van der Waals surface area contributed by atoms with Crippen molar-refractivity contribution in [3.05, 3.63) is 59.0 Å². The van der Waals surface area contributed by atoms with Gasteiger partial charge in [0.15, 0.2) is 5.76 Å². The van der Waals surface area contributed by atoms with Gasteiger partial charge in [-0.2, -0.15) is 0 Å². The fraction of sp³-hybridized carbons (Fsp3) is 0.333. The molecule has 0 aliphatic rings. The van der Waals surface area contributed by atoms with E-state index in [1.54, 1.807) is 12.1 Å². The van der Waals surface area contributed by atoms with Crippen molar-refractivity contribution in [2.45, 2.75) is 26.3 Å². The molecule has 0 saturated carbocycles. The predicted molar refractivity (Wildman–Crippen MR) is 93.0 cm³/mol. The van der Waals surface area contributed by atoms with Gasteiger partial charge in [0, 0.05) is 11.6 Å². The molecule has 6 heteroatoms. The summed E-state index contributed by atoms with van der Waals surface area (Å²) in [7, 11) is 0. The first-order chi connectivity index (χ1) is 11.5. The second-order valence-corrected chi connectivity index (χ2v) is 6.28. The zero-order chi connectivity index (χ0) is 17.5. The van der Waals surface area contributed by atoms with E-state index in [4.69, 9.17) is 16.0 Å². The van der Waals surface area contributed by atoms with Crippen LogP contribution in [0, 0.1) is 5.92 Å². The molecular formula is C18H21ClN2O3. The maximum Gasteiger partial charge on any atom is 0.287 e. The Bertz CT molecular complexity index is 666. The first kappa shape index (κ1) is 18.1. The number of amides is 2. The van der Waals surface area contributed by atoms with Crippen LogP contribution in [0.5, 0.6) is 0 Å². The number of carbonyl (C=O) groups is 2. The monoisotopic (exact) mass is 348 g/mol. The van der Waals surface area contributed by atoms with Crippen molar-refractivity contribution in [1.29, 1.82) is 0 Å². The Kier molecular flexibility index (Phi) is 6.44. The number of hydrogen-bond donors (Lipinski definition) is 2. The molecule has 0 spiro atoms. The Labute approximate surface area is 146 Å². The maximum atomic E-state index is 12.4. The molecule has 0 fully saturated rings. The summed E-state index contributed by atoms with van der Waals surface area (Å²) in [6, 6.07) is 10.1. The summed E-state index contributed by atoms with van der Waals surface area (Å²) in [4.78, 5) is 24.4. The van der Waals surface area contributed by atoms with E-state index >= 15 is 0 Å². The summed E-state index contributed by atoms with van der Waals surface area (Å²) in [5.41, 5.74) is 1.08. The highest BCUT2D eigenvalue weighted by Gasteiger charge is 2.25. The summed E-state index contributed by atoms with van der Waals surface area (Å²) in [6.45, 7) is 4.25. The van der Waals surface area contributed by atoms with Crippen molar-refractivity contribution in [2.24, 2.45) is 5.92 Å². The predicted octanol–water partition coefficient (Wildman–Crippen LogP) is 3.05. The van der Waals surface area contributed by atoms with E-state index in [1.165, 1.54) is 6.26 Å². The summed E-state index contributed by atoms with van der Waals surface area (Å²) in [5.74, 6) is -0.459. The standard InChI is InChI=1S/C18H21ClN2O3/c1-12(2)16(21-17(22)15-4-3-11-24-15)18(23)20-10-9-13-5-7-14(19)8-6-13/h3-8,11-12,16H,9-10H2,1-2H3,(H,20,23)(H,21,22)/t16-/m1/s1. The van der Waals surface area contributed by atoms with Gasteiger partial charge in [0.2, 0.25) is 5.91 Å². The van der Waals surface area contributed by atoms with Gasteiger partial charge < -0.3 is 15.1 Å².